The van der Waals surface area contributed by atoms with Crippen LogP contribution >= 0.6 is 0 Å². The maximum atomic E-state index is 9.93. The third kappa shape index (κ3) is 7.12. The highest BCUT2D eigenvalue weighted by Gasteiger charge is 2.32. The molecule has 0 aromatic heterocycles. The first-order chi connectivity index (χ1) is 13.9. The van der Waals surface area contributed by atoms with Gasteiger partial charge in [0.1, 0.15) is 0 Å². The highest BCUT2D eigenvalue weighted by molar-refractivity contribution is 5.03. The number of allylic oxidation sites excluding steroid dienone is 2. The second-order valence-corrected chi connectivity index (χ2v) is 11.7. The smallest absolute Gasteiger partial charge is 0.0568 e. The van der Waals surface area contributed by atoms with Gasteiger partial charge in [-0.1, -0.05) is 58.1 Å². The predicted molar refractivity (Wildman–Crippen MR) is 126 cm³/mol. The minimum atomic E-state index is -0.0110. The van der Waals surface area contributed by atoms with Crippen molar-refractivity contribution >= 4 is 0 Å². The number of rotatable bonds is 2. The fraction of sp³-hybridized carbons (Fsp3) is 0.929. The van der Waals surface area contributed by atoms with E-state index in [0.29, 0.717) is 5.92 Å². The molecule has 3 fully saturated rings. The van der Waals surface area contributed by atoms with E-state index in [1.165, 1.54) is 83.5 Å². The molecule has 168 valence electrons. The zero-order valence-corrected chi connectivity index (χ0v) is 20.0. The van der Waals surface area contributed by atoms with Crippen molar-refractivity contribution in [1.82, 2.24) is 0 Å². The molecular weight excluding hydrogens is 352 g/mol. The van der Waals surface area contributed by atoms with Gasteiger partial charge in [0.15, 0.2) is 0 Å². The Hall–Kier alpha value is -0.300. The summed E-state index contributed by atoms with van der Waals surface area (Å²) < 4.78 is 0. The van der Waals surface area contributed by atoms with Gasteiger partial charge in [0.25, 0.3) is 0 Å². The molecule has 1 nitrogen and oxygen atoms in total. The summed E-state index contributed by atoms with van der Waals surface area (Å²) >= 11 is 0. The molecule has 0 bridgehead atoms. The Morgan fingerprint density at radius 3 is 1.66 bits per heavy atom. The maximum Gasteiger partial charge on any atom is 0.0568 e. The summed E-state index contributed by atoms with van der Waals surface area (Å²) in [5.41, 5.74) is 1.63. The highest BCUT2D eigenvalue weighted by Crippen LogP contribution is 2.41. The molecule has 4 aliphatic rings. The molecule has 0 amide bonds. The van der Waals surface area contributed by atoms with E-state index in [-0.39, 0.29) is 6.10 Å². The van der Waals surface area contributed by atoms with Crippen molar-refractivity contribution in [2.75, 3.05) is 0 Å². The molecule has 0 spiro atoms. The first kappa shape index (κ1) is 23.4. The average Bonchev–Trinajstić information content (AvgIpc) is 2.72. The molecule has 0 aliphatic heterocycles. The van der Waals surface area contributed by atoms with Gasteiger partial charge in [-0.15, -0.1) is 0 Å². The minimum Gasteiger partial charge on any atom is -0.393 e. The second-order valence-electron chi connectivity index (χ2n) is 11.7. The Morgan fingerprint density at radius 2 is 1.17 bits per heavy atom. The normalized spacial score (nSPS) is 43.7. The number of aliphatic hydroxyl groups is 1. The van der Waals surface area contributed by atoms with Gasteiger partial charge in [-0.2, -0.15) is 0 Å². The van der Waals surface area contributed by atoms with Gasteiger partial charge >= 0.3 is 0 Å². The molecule has 0 saturated heterocycles. The lowest BCUT2D eigenvalue weighted by atomic mass is 9.69. The van der Waals surface area contributed by atoms with E-state index in [1.807, 2.05) is 0 Å². The van der Waals surface area contributed by atoms with Gasteiger partial charge in [-0.05, 0) is 113 Å². The van der Waals surface area contributed by atoms with E-state index < -0.39 is 0 Å². The Morgan fingerprint density at radius 1 is 0.655 bits per heavy atom. The van der Waals surface area contributed by atoms with Crippen LogP contribution in [0.1, 0.15) is 118 Å². The lowest BCUT2D eigenvalue weighted by Crippen LogP contribution is -2.32. The first-order valence-corrected chi connectivity index (χ1v) is 13.3. The second kappa shape index (κ2) is 11.4. The molecule has 1 N–H and O–H groups in total. The minimum absolute atomic E-state index is 0.0110. The van der Waals surface area contributed by atoms with E-state index in [4.69, 9.17) is 0 Å². The Kier molecular flexibility index (Phi) is 9.15. The molecule has 1 heteroatoms. The zero-order chi connectivity index (χ0) is 20.8. The fourth-order valence-corrected chi connectivity index (χ4v) is 6.69. The Labute approximate surface area is 182 Å². The van der Waals surface area contributed by atoms with Crippen molar-refractivity contribution < 1.29 is 5.11 Å². The van der Waals surface area contributed by atoms with Crippen LogP contribution in [-0.4, -0.2) is 11.2 Å². The number of hydrogen-bond acceptors (Lipinski definition) is 1. The van der Waals surface area contributed by atoms with Crippen LogP contribution in [0.15, 0.2) is 11.6 Å². The number of hydrogen-bond donors (Lipinski definition) is 1. The van der Waals surface area contributed by atoms with Crippen LogP contribution in [-0.2, 0) is 0 Å². The lowest BCUT2D eigenvalue weighted by molar-refractivity contribution is 0.0272. The van der Waals surface area contributed by atoms with Crippen LogP contribution in [0, 0.1) is 41.4 Å². The summed E-state index contributed by atoms with van der Waals surface area (Å²) in [5, 5.41) is 9.93. The number of aliphatic hydroxyl groups excluding tert-OH is 1. The van der Waals surface area contributed by atoms with Gasteiger partial charge in [0, 0.05) is 0 Å². The molecular formula is C28H50O. The summed E-state index contributed by atoms with van der Waals surface area (Å²) in [5.74, 6) is 6.37. The molecule has 3 saturated carbocycles. The van der Waals surface area contributed by atoms with E-state index in [0.717, 1.165) is 41.9 Å². The average molecular weight is 403 g/mol. The van der Waals surface area contributed by atoms with Crippen molar-refractivity contribution in [3.05, 3.63) is 11.6 Å². The summed E-state index contributed by atoms with van der Waals surface area (Å²) in [7, 11) is 0. The van der Waals surface area contributed by atoms with Crippen LogP contribution in [0.25, 0.3) is 0 Å². The van der Waals surface area contributed by atoms with Gasteiger partial charge in [0.05, 0.1) is 6.10 Å². The third-order valence-electron chi connectivity index (χ3n) is 9.33. The largest absolute Gasteiger partial charge is 0.393 e. The molecule has 4 atom stereocenters. The predicted octanol–water partition coefficient (Wildman–Crippen LogP) is 8.17. The maximum absolute atomic E-state index is 9.93. The van der Waals surface area contributed by atoms with E-state index in [2.05, 4.69) is 33.8 Å². The van der Waals surface area contributed by atoms with Crippen LogP contribution in [0.5, 0.6) is 0 Å². The summed E-state index contributed by atoms with van der Waals surface area (Å²) in [6.45, 7) is 9.29. The van der Waals surface area contributed by atoms with Crippen LogP contribution < -0.4 is 0 Å². The monoisotopic (exact) mass is 402 g/mol. The summed E-state index contributed by atoms with van der Waals surface area (Å²) in [6, 6.07) is 0. The Bertz CT molecular complexity index is 492. The molecule has 0 aromatic rings. The van der Waals surface area contributed by atoms with Crippen molar-refractivity contribution in [1.29, 1.82) is 0 Å². The fourth-order valence-electron chi connectivity index (χ4n) is 6.69. The first-order valence-electron chi connectivity index (χ1n) is 13.3. The van der Waals surface area contributed by atoms with Gasteiger partial charge in [-0.25, -0.2) is 0 Å². The molecule has 4 rings (SSSR count). The van der Waals surface area contributed by atoms with Crippen LogP contribution in [0.4, 0.5) is 0 Å². The van der Waals surface area contributed by atoms with Crippen molar-refractivity contribution in [2.45, 2.75) is 124 Å². The molecule has 4 unspecified atom stereocenters. The van der Waals surface area contributed by atoms with Crippen molar-refractivity contribution in [2.24, 2.45) is 41.4 Å². The van der Waals surface area contributed by atoms with Crippen LogP contribution in [0.3, 0.4) is 0 Å². The molecule has 0 heterocycles. The molecule has 0 aromatic carbocycles. The van der Waals surface area contributed by atoms with E-state index in [1.54, 1.807) is 5.57 Å². The molecule has 29 heavy (non-hydrogen) atoms. The van der Waals surface area contributed by atoms with Gasteiger partial charge in [-0.3, -0.25) is 0 Å². The van der Waals surface area contributed by atoms with Gasteiger partial charge in [0.2, 0.25) is 0 Å². The van der Waals surface area contributed by atoms with Gasteiger partial charge < -0.3 is 5.11 Å². The standard InChI is InChI=1S/C14H26O.C14H24/c1-10-3-6-12(7-4-10)13-8-5-11(2)14(15)9-13;1-11-3-7-13(8-4-11)14-9-5-12(2)6-10-14/h10-15H,3-9H2,1-2H3;3,12-14H,4-10H2,1-2H3. The SMILES string of the molecule is CC1=CCC(C2CCC(C)CC2)CC1.CC1CCC(C2CCC(C)C(O)C2)CC1. The molecule has 4 aliphatic carbocycles. The topological polar surface area (TPSA) is 20.2 Å². The third-order valence-corrected chi connectivity index (χ3v) is 9.33. The lowest BCUT2D eigenvalue weighted by Gasteiger charge is -2.38. The van der Waals surface area contributed by atoms with E-state index in [9.17, 15) is 5.11 Å². The Balaban J connectivity index is 0.000000166. The summed E-state index contributed by atoms with van der Waals surface area (Å²) in [6.07, 6.45) is 22.1. The summed E-state index contributed by atoms with van der Waals surface area (Å²) in [4.78, 5) is 0. The van der Waals surface area contributed by atoms with Crippen molar-refractivity contribution in [3.63, 3.8) is 0 Å². The highest BCUT2D eigenvalue weighted by atomic mass is 16.3. The van der Waals surface area contributed by atoms with Crippen molar-refractivity contribution in [3.8, 4) is 0 Å². The quantitative estimate of drug-likeness (QED) is 0.462. The van der Waals surface area contributed by atoms with E-state index >= 15 is 0 Å². The van der Waals surface area contributed by atoms with Crippen LogP contribution in [0.2, 0.25) is 0 Å². The molecule has 0 radical (unpaired) electrons. The zero-order valence-electron chi connectivity index (χ0n) is 20.0.